The summed E-state index contributed by atoms with van der Waals surface area (Å²) in [5.74, 6) is -0.334. The minimum atomic E-state index is -0.481. The van der Waals surface area contributed by atoms with Crippen molar-refractivity contribution in [2.24, 2.45) is 0 Å². The van der Waals surface area contributed by atoms with Gasteiger partial charge in [0, 0.05) is 5.37 Å². The van der Waals surface area contributed by atoms with E-state index in [1.54, 1.807) is 18.2 Å². The van der Waals surface area contributed by atoms with Crippen LogP contribution in [-0.4, -0.2) is 16.9 Å². The van der Waals surface area contributed by atoms with Crippen LogP contribution in [0.3, 0.4) is 0 Å². The highest BCUT2D eigenvalue weighted by Gasteiger charge is 2.19. The second-order valence-corrected chi connectivity index (χ2v) is 4.44. The lowest BCUT2D eigenvalue weighted by Gasteiger charge is -2.19. The Bertz CT molecular complexity index is 377. The number of esters is 1. The molecule has 0 N–H and O–H groups in total. The van der Waals surface area contributed by atoms with Gasteiger partial charge in [0.15, 0.2) is 0 Å². The fourth-order valence-corrected chi connectivity index (χ4v) is 1.32. The first-order valence-corrected chi connectivity index (χ1v) is 5.19. The Kier molecular flexibility index (Phi) is 3.58. The second kappa shape index (κ2) is 4.53. The summed E-state index contributed by atoms with van der Waals surface area (Å²) in [7, 11) is 0. The maximum Gasteiger partial charge on any atom is 0.339 e. The first-order valence-electron chi connectivity index (χ1n) is 4.71. The summed E-state index contributed by atoms with van der Waals surface area (Å²) in [5.41, 5.74) is 0.759. The van der Waals surface area contributed by atoms with E-state index in [9.17, 15) is 4.79 Å². The summed E-state index contributed by atoms with van der Waals surface area (Å²) in [6.45, 7) is 5.51. The fraction of sp³-hybridized carbons (Fsp3) is 0.333. The fourth-order valence-electron chi connectivity index (χ4n) is 1.12. The quantitative estimate of drug-likeness (QED) is 0.568. The third kappa shape index (κ3) is 3.44. The number of hydrogen-bond acceptors (Lipinski definition) is 3. The van der Waals surface area contributed by atoms with Crippen molar-refractivity contribution in [3.05, 3.63) is 35.4 Å². The standard InChI is InChI=1S/C12H14O2S/c1-12(2,3)14-11(13)10-7-5-4-6-9(10)8-15/h4-8H,1-3H3. The summed E-state index contributed by atoms with van der Waals surface area (Å²) in [4.78, 5) is 11.8. The average Bonchev–Trinajstić information content (AvgIpc) is 2.15. The monoisotopic (exact) mass is 222 g/mol. The van der Waals surface area contributed by atoms with Crippen molar-refractivity contribution in [2.45, 2.75) is 26.4 Å². The van der Waals surface area contributed by atoms with Crippen molar-refractivity contribution in [3.63, 3.8) is 0 Å². The molecule has 0 fully saturated rings. The van der Waals surface area contributed by atoms with Crippen LogP contribution in [0.1, 0.15) is 36.7 Å². The van der Waals surface area contributed by atoms with Crippen LogP contribution >= 0.6 is 12.2 Å². The van der Waals surface area contributed by atoms with Gasteiger partial charge >= 0.3 is 5.97 Å². The molecule has 0 saturated heterocycles. The maximum absolute atomic E-state index is 11.8. The molecule has 2 nitrogen and oxygen atoms in total. The Hall–Kier alpha value is -1.22. The van der Waals surface area contributed by atoms with Crippen LogP contribution < -0.4 is 0 Å². The summed E-state index contributed by atoms with van der Waals surface area (Å²) in [6.07, 6.45) is 0. The molecular formula is C12H14O2S. The van der Waals surface area contributed by atoms with Crippen LogP contribution in [0.25, 0.3) is 0 Å². The largest absolute Gasteiger partial charge is 0.456 e. The van der Waals surface area contributed by atoms with Gasteiger partial charge < -0.3 is 4.74 Å². The van der Waals surface area contributed by atoms with E-state index in [2.05, 4.69) is 0 Å². The first-order chi connectivity index (χ1) is 6.94. The minimum Gasteiger partial charge on any atom is -0.456 e. The number of hydrogen-bond donors (Lipinski definition) is 0. The SMILES string of the molecule is CC(C)(C)OC(=O)c1ccccc1C=S. The van der Waals surface area contributed by atoms with Crippen molar-refractivity contribution in [2.75, 3.05) is 0 Å². The molecule has 0 aliphatic carbocycles. The number of rotatable bonds is 2. The van der Waals surface area contributed by atoms with Gasteiger partial charge in [-0.15, -0.1) is 0 Å². The molecular weight excluding hydrogens is 208 g/mol. The van der Waals surface area contributed by atoms with E-state index >= 15 is 0 Å². The summed E-state index contributed by atoms with van der Waals surface area (Å²) in [6, 6.07) is 7.14. The van der Waals surface area contributed by atoms with Crippen molar-refractivity contribution < 1.29 is 9.53 Å². The zero-order chi connectivity index (χ0) is 11.5. The van der Waals surface area contributed by atoms with Gasteiger partial charge in [0.05, 0.1) is 5.56 Å². The summed E-state index contributed by atoms with van der Waals surface area (Å²) < 4.78 is 5.26. The lowest BCUT2D eigenvalue weighted by Crippen LogP contribution is -2.24. The van der Waals surface area contributed by atoms with Gasteiger partial charge in [-0.1, -0.05) is 30.4 Å². The smallest absolute Gasteiger partial charge is 0.339 e. The maximum atomic E-state index is 11.8. The highest BCUT2D eigenvalue weighted by Crippen LogP contribution is 2.14. The normalized spacial score (nSPS) is 10.9. The Morgan fingerprint density at radius 2 is 1.93 bits per heavy atom. The minimum absolute atomic E-state index is 0.334. The Morgan fingerprint density at radius 3 is 2.47 bits per heavy atom. The molecule has 15 heavy (non-hydrogen) atoms. The third-order valence-electron chi connectivity index (χ3n) is 1.71. The Balaban J connectivity index is 2.96. The van der Waals surface area contributed by atoms with Gasteiger partial charge in [-0.05, 0) is 32.4 Å². The third-order valence-corrected chi connectivity index (χ3v) is 1.96. The second-order valence-electron chi connectivity index (χ2n) is 4.21. The van der Waals surface area contributed by atoms with Crippen LogP contribution in [-0.2, 0) is 4.74 Å². The number of ether oxygens (including phenoxy) is 1. The highest BCUT2D eigenvalue weighted by atomic mass is 32.1. The van der Waals surface area contributed by atoms with E-state index in [1.165, 1.54) is 5.37 Å². The molecule has 0 heterocycles. The highest BCUT2D eigenvalue weighted by molar-refractivity contribution is 7.79. The lowest BCUT2D eigenvalue weighted by atomic mass is 10.1. The molecule has 0 aliphatic rings. The van der Waals surface area contributed by atoms with E-state index in [1.807, 2.05) is 26.8 Å². The van der Waals surface area contributed by atoms with Crippen molar-refractivity contribution in [1.82, 2.24) is 0 Å². The molecule has 0 saturated carbocycles. The first kappa shape index (κ1) is 11.9. The zero-order valence-corrected chi connectivity index (χ0v) is 9.93. The van der Waals surface area contributed by atoms with E-state index in [4.69, 9.17) is 17.0 Å². The molecule has 0 amide bonds. The van der Waals surface area contributed by atoms with Gasteiger partial charge in [0.1, 0.15) is 5.60 Å². The van der Waals surface area contributed by atoms with E-state index in [0.29, 0.717) is 5.56 Å². The Morgan fingerprint density at radius 1 is 1.33 bits per heavy atom. The number of benzene rings is 1. The predicted molar refractivity (Wildman–Crippen MR) is 64.4 cm³/mol. The number of carbonyl (C=O) groups excluding carboxylic acids is 1. The average molecular weight is 222 g/mol. The van der Waals surface area contributed by atoms with E-state index < -0.39 is 5.60 Å². The van der Waals surface area contributed by atoms with Crippen LogP contribution in [0, 0.1) is 0 Å². The molecule has 80 valence electrons. The molecule has 0 spiro atoms. The van der Waals surface area contributed by atoms with Crippen LogP contribution in [0.4, 0.5) is 0 Å². The van der Waals surface area contributed by atoms with Gasteiger partial charge in [-0.25, -0.2) is 4.79 Å². The molecule has 1 rings (SSSR count). The lowest BCUT2D eigenvalue weighted by molar-refractivity contribution is 0.00695. The van der Waals surface area contributed by atoms with E-state index in [-0.39, 0.29) is 5.97 Å². The van der Waals surface area contributed by atoms with Gasteiger partial charge in [-0.2, -0.15) is 0 Å². The Labute approximate surface area is 95.3 Å². The predicted octanol–water partition coefficient (Wildman–Crippen LogP) is 2.99. The van der Waals surface area contributed by atoms with Crippen LogP contribution in [0.15, 0.2) is 24.3 Å². The van der Waals surface area contributed by atoms with E-state index in [0.717, 1.165) is 5.56 Å². The van der Waals surface area contributed by atoms with Gasteiger partial charge in [-0.3, -0.25) is 0 Å². The summed E-state index contributed by atoms with van der Waals surface area (Å²) in [5, 5.41) is 1.49. The number of carbonyl (C=O) groups is 1. The zero-order valence-electron chi connectivity index (χ0n) is 9.11. The molecule has 0 unspecified atom stereocenters. The molecule has 0 aliphatic heterocycles. The molecule has 0 aromatic heterocycles. The summed E-state index contributed by atoms with van der Waals surface area (Å²) >= 11 is 4.83. The molecule has 0 bridgehead atoms. The molecule has 0 radical (unpaired) electrons. The van der Waals surface area contributed by atoms with Crippen LogP contribution in [0.2, 0.25) is 0 Å². The molecule has 1 aromatic carbocycles. The molecule has 1 aromatic rings. The van der Waals surface area contributed by atoms with Gasteiger partial charge in [0.2, 0.25) is 0 Å². The molecule has 3 heteroatoms. The number of thiocarbonyl (C=S) groups is 1. The van der Waals surface area contributed by atoms with Crippen molar-refractivity contribution in [1.29, 1.82) is 0 Å². The van der Waals surface area contributed by atoms with Crippen LogP contribution in [0.5, 0.6) is 0 Å². The molecule has 0 atom stereocenters. The van der Waals surface area contributed by atoms with Crippen molar-refractivity contribution >= 4 is 23.6 Å². The van der Waals surface area contributed by atoms with Crippen molar-refractivity contribution in [3.8, 4) is 0 Å². The topological polar surface area (TPSA) is 26.3 Å². The van der Waals surface area contributed by atoms with Gasteiger partial charge in [0.25, 0.3) is 0 Å².